The molecule has 2 nitrogen and oxygen atoms in total. The highest BCUT2D eigenvalue weighted by molar-refractivity contribution is 6.26. The summed E-state index contributed by atoms with van der Waals surface area (Å²) >= 11 is 0. The third-order valence-electron chi connectivity index (χ3n) is 10.5. The van der Waals surface area contributed by atoms with Crippen molar-refractivity contribution in [2.45, 2.75) is 19.3 Å². The van der Waals surface area contributed by atoms with Crippen molar-refractivity contribution in [3.8, 4) is 33.5 Å². The largest absolute Gasteiger partial charge is 0.254 e. The lowest BCUT2D eigenvalue weighted by Crippen LogP contribution is -2.15. The second-order valence-electron chi connectivity index (χ2n) is 13.4. The maximum Gasteiger partial charge on any atom is 0.0972 e. The van der Waals surface area contributed by atoms with Gasteiger partial charge in [-0.3, -0.25) is 4.98 Å². The Morgan fingerprint density at radius 3 is 1.72 bits per heavy atom. The van der Waals surface area contributed by atoms with E-state index < -0.39 is 0 Å². The van der Waals surface area contributed by atoms with Gasteiger partial charge in [-0.15, -0.1) is 0 Å². The molecule has 0 N–H and O–H groups in total. The van der Waals surface area contributed by atoms with Crippen LogP contribution in [0.5, 0.6) is 0 Å². The van der Waals surface area contributed by atoms with Gasteiger partial charge in [-0.25, -0.2) is 4.98 Å². The van der Waals surface area contributed by atoms with Gasteiger partial charge in [0.1, 0.15) is 0 Å². The molecule has 2 heterocycles. The molecule has 0 aliphatic heterocycles. The first-order chi connectivity index (χ1) is 23.0. The summed E-state index contributed by atoms with van der Waals surface area (Å²) in [7, 11) is 0. The van der Waals surface area contributed by atoms with E-state index in [1.807, 2.05) is 12.3 Å². The summed E-state index contributed by atoms with van der Waals surface area (Å²) in [6.45, 7) is 4.76. The first-order valence-electron chi connectivity index (χ1n) is 16.3. The minimum Gasteiger partial charge on any atom is -0.254 e. The molecule has 0 atom stereocenters. The SMILES string of the molecule is CC1(C)c2cc(-c3ccc(-c4ccc5ccc6cccnc6c5n4)cc3)ccc2-c2cc3c4ccccc4c4ccccc4c3cc21. The van der Waals surface area contributed by atoms with Crippen molar-refractivity contribution >= 4 is 54.1 Å². The monoisotopic (exact) mass is 598 g/mol. The zero-order valence-corrected chi connectivity index (χ0v) is 26.3. The molecule has 0 saturated heterocycles. The Morgan fingerprint density at radius 2 is 1.00 bits per heavy atom. The van der Waals surface area contributed by atoms with Gasteiger partial charge in [0.05, 0.1) is 16.7 Å². The number of fused-ring (bicyclic) bond motifs is 12. The minimum atomic E-state index is -0.118. The Labute approximate surface area is 273 Å². The number of hydrogen-bond acceptors (Lipinski definition) is 2. The van der Waals surface area contributed by atoms with Crippen LogP contribution in [0.2, 0.25) is 0 Å². The van der Waals surface area contributed by atoms with Gasteiger partial charge in [0.2, 0.25) is 0 Å². The quantitative estimate of drug-likeness (QED) is 0.185. The first kappa shape index (κ1) is 26.4. The van der Waals surface area contributed by atoms with E-state index in [9.17, 15) is 0 Å². The molecule has 47 heavy (non-hydrogen) atoms. The van der Waals surface area contributed by atoms with Crippen LogP contribution in [0.3, 0.4) is 0 Å². The van der Waals surface area contributed by atoms with E-state index in [1.54, 1.807) is 0 Å². The van der Waals surface area contributed by atoms with E-state index in [-0.39, 0.29) is 5.41 Å². The molecular weight excluding hydrogens is 569 g/mol. The second kappa shape index (κ2) is 9.57. The van der Waals surface area contributed by atoms with Crippen molar-refractivity contribution in [2.24, 2.45) is 0 Å². The van der Waals surface area contributed by atoms with E-state index in [0.29, 0.717) is 0 Å². The van der Waals surface area contributed by atoms with Crippen molar-refractivity contribution < 1.29 is 0 Å². The normalized spacial score (nSPS) is 13.5. The molecule has 2 aromatic heterocycles. The lowest BCUT2D eigenvalue weighted by Gasteiger charge is -2.23. The van der Waals surface area contributed by atoms with Crippen LogP contribution in [-0.2, 0) is 5.41 Å². The van der Waals surface area contributed by atoms with Crippen LogP contribution in [-0.4, -0.2) is 9.97 Å². The van der Waals surface area contributed by atoms with E-state index in [2.05, 4.69) is 152 Å². The maximum atomic E-state index is 5.06. The fourth-order valence-electron chi connectivity index (χ4n) is 8.03. The number of rotatable bonds is 2. The minimum absolute atomic E-state index is 0.118. The summed E-state index contributed by atoms with van der Waals surface area (Å²) in [5.74, 6) is 0. The van der Waals surface area contributed by atoms with Crippen LogP contribution in [0.4, 0.5) is 0 Å². The highest BCUT2D eigenvalue weighted by Gasteiger charge is 2.36. The molecule has 0 radical (unpaired) electrons. The molecule has 9 aromatic rings. The molecule has 1 aliphatic carbocycles. The van der Waals surface area contributed by atoms with Gasteiger partial charge in [0.25, 0.3) is 0 Å². The molecule has 220 valence electrons. The second-order valence-corrected chi connectivity index (χ2v) is 13.4. The zero-order valence-electron chi connectivity index (χ0n) is 26.3. The predicted octanol–water partition coefficient (Wildman–Crippen LogP) is 11.9. The van der Waals surface area contributed by atoms with Gasteiger partial charge in [0.15, 0.2) is 0 Å². The average molecular weight is 599 g/mol. The number of hydrogen-bond donors (Lipinski definition) is 0. The van der Waals surface area contributed by atoms with E-state index in [1.165, 1.54) is 65.7 Å². The average Bonchev–Trinajstić information content (AvgIpc) is 3.35. The molecular formula is C45H30N2. The Balaban J connectivity index is 1.07. The number of pyridine rings is 2. The van der Waals surface area contributed by atoms with Gasteiger partial charge in [0, 0.05) is 27.9 Å². The summed E-state index contributed by atoms with van der Waals surface area (Å²) in [5, 5.41) is 10.1. The van der Waals surface area contributed by atoms with Crippen molar-refractivity contribution in [3.05, 3.63) is 157 Å². The Morgan fingerprint density at radius 1 is 0.426 bits per heavy atom. The zero-order chi connectivity index (χ0) is 31.3. The first-order valence-corrected chi connectivity index (χ1v) is 16.3. The molecule has 1 aliphatic rings. The van der Waals surface area contributed by atoms with Crippen LogP contribution < -0.4 is 0 Å². The van der Waals surface area contributed by atoms with Gasteiger partial charge in [-0.05, 0) is 96.0 Å². The smallest absolute Gasteiger partial charge is 0.0972 e. The lowest BCUT2D eigenvalue weighted by atomic mass is 9.80. The van der Waals surface area contributed by atoms with Crippen LogP contribution in [0.1, 0.15) is 25.0 Å². The van der Waals surface area contributed by atoms with Crippen molar-refractivity contribution in [1.82, 2.24) is 9.97 Å². The van der Waals surface area contributed by atoms with Crippen LogP contribution in [0.15, 0.2) is 146 Å². The summed E-state index contributed by atoms with van der Waals surface area (Å²) < 4.78 is 0. The summed E-state index contributed by atoms with van der Waals surface area (Å²) in [5.41, 5.74) is 11.7. The highest BCUT2D eigenvalue weighted by atomic mass is 14.7. The van der Waals surface area contributed by atoms with Gasteiger partial charge >= 0.3 is 0 Å². The van der Waals surface area contributed by atoms with Crippen molar-refractivity contribution in [2.75, 3.05) is 0 Å². The van der Waals surface area contributed by atoms with Gasteiger partial charge in [-0.1, -0.05) is 123 Å². The van der Waals surface area contributed by atoms with Crippen LogP contribution >= 0.6 is 0 Å². The van der Waals surface area contributed by atoms with Crippen molar-refractivity contribution in [3.63, 3.8) is 0 Å². The Kier molecular flexibility index (Phi) is 5.37. The third-order valence-corrected chi connectivity index (χ3v) is 10.5. The number of aromatic nitrogens is 2. The molecule has 0 fully saturated rings. The Hall–Kier alpha value is -5.86. The van der Waals surface area contributed by atoms with Gasteiger partial charge < -0.3 is 0 Å². The molecule has 0 unspecified atom stereocenters. The van der Waals surface area contributed by atoms with E-state index >= 15 is 0 Å². The molecule has 0 amide bonds. The molecule has 7 aromatic carbocycles. The standard InChI is InChI=1S/C45H30N2/c1-45(2)40-24-31(27-13-15-28(16-14-27)42-22-20-30-18-17-29-8-7-23-46-43(29)44(30)47-42)19-21-36(40)39-25-37-34-11-5-3-9-32(34)33-10-4-6-12-35(33)38(37)26-41(39)45/h3-26H,1-2H3. The van der Waals surface area contributed by atoms with Crippen molar-refractivity contribution in [1.29, 1.82) is 0 Å². The van der Waals surface area contributed by atoms with Crippen LogP contribution in [0, 0.1) is 0 Å². The lowest BCUT2D eigenvalue weighted by molar-refractivity contribution is 0.661. The fourth-order valence-corrected chi connectivity index (χ4v) is 8.03. The molecule has 0 saturated carbocycles. The highest BCUT2D eigenvalue weighted by Crippen LogP contribution is 2.52. The number of nitrogens with zero attached hydrogens (tertiary/aromatic N) is 2. The van der Waals surface area contributed by atoms with E-state index in [4.69, 9.17) is 4.98 Å². The summed E-state index contributed by atoms with van der Waals surface area (Å²) in [6, 6.07) is 51.1. The number of benzene rings is 7. The van der Waals surface area contributed by atoms with E-state index in [0.717, 1.165) is 33.1 Å². The molecule has 2 heteroatoms. The Bertz CT molecular complexity index is 2750. The molecule has 0 bridgehead atoms. The third kappa shape index (κ3) is 3.79. The topological polar surface area (TPSA) is 25.8 Å². The molecule has 0 spiro atoms. The van der Waals surface area contributed by atoms with Gasteiger partial charge in [-0.2, -0.15) is 0 Å². The predicted molar refractivity (Wildman–Crippen MR) is 198 cm³/mol. The fraction of sp³-hybridized carbons (Fsp3) is 0.0667. The van der Waals surface area contributed by atoms with Crippen LogP contribution in [0.25, 0.3) is 87.6 Å². The summed E-state index contributed by atoms with van der Waals surface area (Å²) in [4.78, 5) is 9.70. The maximum absolute atomic E-state index is 5.06. The summed E-state index contributed by atoms with van der Waals surface area (Å²) in [6.07, 6.45) is 1.84. The molecule has 10 rings (SSSR count).